The van der Waals surface area contributed by atoms with Crippen molar-refractivity contribution in [3.05, 3.63) is 29.8 Å². The van der Waals surface area contributed by atoms with Gasteiger partial charge in [0.05, 0.1) is 13.0 Å². The van der Waals surface area contributed by atoms with Crippen LogP contribution in [-0.4, -0.2) is 41.6 Å². The summed E-state index contributed by atoms with van der Waals surface area (Å²) >= 11 is 0. The van der Waals surface area contributed by atoms with Crippen LogP contribution in [-0.2, 0) is 9.59 Å². The zero-order chi connectivity index (χ0) is 16.3. The third-order valence-corrected chi connectivity index (χ3v) is 4.42. The van der Waals surface area contributed by atoms with E-state index in [1.165, 1.54) is 4.90 Å². The molecule has 3 atom stereocenters. The maximum Gasteiger partial charge on any atom is 0.326 e. The first-order chi connectivity index (χ1) is 10.4. The third kappa shape index (κ3) is 3.40. The normalized spacial score (nSPS) is 23.0. The molecular formula is C17H23NO4. The van der Waals surface area contributed by atoms with Crippen LogP contribution in [0.4, 0.5) is 0 Å². The summed E-state index contributed by atoms with van der Waals surface area (Å²) in [5, 5.41) is 9.39. The smallest absolute Gasteiger partial charge is 0.326 e. The Kier molecular flexibility index (Phi) is 5.06. The van der Waals surface area contributed by atoms with Crippen LogP contribution >= 0.6 is 0 Å². The summed E-state index contributed by atoms with van der Waals surface area (Å²) in [6.45, 7) is 4.36. The Morgan fingerprint density at radius 2 is 1.95 bits per heavy atom. The van der Waals surface area contributed by atoms with Gasteiger partial charge in [-0.15, -0.1) is 0 Å². The first-order valence-electron chi connectivity index (χ1n) is 7.61. The van der Waals surface area contributed by atoms with Crippen molar-refractivity contribution in [2.24, 2.45) is 5.92 Å². The maximum absolute atomic E-state index is 12.7. The number of likely N-dealkylation sites (tertiary alicyclic amines) is 1. The lowest BCUT2D eigenvalue weighted by Crippen LogP contribution is -2.51. The fraction of sp³-hybridized carbons (Fsp3) is 0.529. The molecule has 1 amide bonds. The molecule has 1 aromatic rings. The number of methoxy groups -OCH3 is 1. The molecule has 1 aliphatic rings. The summed E-state index contributed by atoms with van der Waals surface area (Å²) in [5.41, 5.74) is 0.869. The number of aliphatic carboxylic acids is 1. The van der Waals surface area contributed by atoms with Gasteiger partial charge in [0.25, 0.3) is 0 Å². The highest BCUT2D eigenvalue weighted by molar-refractivity contribution is 5.88. The zero-order valence-corrected chi connectivity index (χ0v) is 13.3. The summed E-state index contributed by atoms with van der Waals surface area (Å²) in [5.74, 6) is -0.326. The van der Waals surface area contributed by atoms with E-state index in [0.717, 1.165) is 17.7 Å². The van der Waals surface area contributed by atoms with Gasteiger partial charge in [0, 0.05) is 6.54 Å². The molecule has 2 rings (SSSR count). The number of nitrogens with zero attached hydrogens (tertiary/aromatic N) is 1. The zero-order valence-electron chi connectivity index (χ0n) is 13.3. The van der Waals surface area contributed by atoms with Crippen molar-refractivity contribution in [1.82, 2.24) is 4.90 Å². The molecule has 1 fully saturated rings. The second-order valence-electron chi connectivity index (χ2n) is 6.01. The summed E-state index contributed by atoms with van der Waals surface area (Å²) < 4.78 is 5.11. The summed E-state index contributed by atoms with van der Waals surface area (Å²) in [6, 6.07) is 6.61. The minimum Gasteiger partial charge on any atom is -0.497 e. The quantitative estimate of drug-likeness (QED) is 0.928. The van der Waals surface area contributed by atoms with Gasteiger partial charge in [0.1, 0.15) is 11.8 Å². The van der Waals surface area contributed by atoms with Gasteiger partial charge in [-0.1, -0.05) is 19.1 Å². The Balaban J connectivity index is 2.15. The highest BCUT2D eigenvalue weighted by Gasteiger charge is 2.36. The van der Waals surface area contributed by atoms with E-state index in [4.69, 9.17) is 4.74 Å². The largest absolute Gasteiger partial charge is 0.497 e. The summed E-state index contributed by atoms with van der Waals surface area (Å²) in [7, 11) is 1.59. The summed E-state index contributed by atoms with van der Waals surface area (Å²) in [6.07, 6.45) is 1.38. The number of amides is 1. The molecule has 120 valence electrons. The van der Waals surface area contributed by atoms with Crippen molar-refractivity contribution >= 4 is 11.9 Å². The van der Waals surface area contributed by atoms with Crippen LogP contribution in [0.1, 0.15) is 38.2 Å². The van der Waals surface area contributed by atoms with E-state index in [-0.39, 0.29) is 11.8 Å². The van der Waals surface area contributed by atoms with Gasteiger partial charge in [-0.3, -0.25) is 4.79 Å². The van der Waals surface area contributed by atoms with E-state index in [2.05, 4.69) is 0 Å². The number of carboxylic acid groups (broad SMARTS) is 1. The molecular weight excluding hydrogens is 282 g/mol. The number of hydrogen-bond acceptors (Lipinski definition) is 3. The maximum atomic E-state index is 12.7. The van der Waals surface area contributed by atoms with Gasteiger partial charge in [-0.05, 0) is 43.4 Å². The SMILES string of the molecule is COc1ccc(C(C)C(=O)N2CCC(C)CC2C(=O)O)cc1. The van der Waals surface area contributed by atoms with E-state index >= 15 is 0 Å². The predicted octanol–water partition coefficient (Wildman–Crippen LogP) is 2.51. The molecule has 0 aromatic heterocycles. The molecule has 0 saturated carbocycles. The number of carbonyl (C=O) groups is 2. The number of carbonyl (C=O) groups excluding carboxylic acids is 1. The fourth-order valence-electron chi connectivity index (χ4n) is 2.92. The van der Waals surface area contributed by atoms with Crippen molar-refractivity contribution in [2.45, 2.75) is 38.6 Å². The lowest BCUT2D eigenvalue weighted by molar-refractivity contribution is -0.153. The van der Waals surface area contributed by atoms with Gasteiger partial charge < -0.3 is 14.7 Å². The Labute approximate surface area is 130 Å². The van der Waals surface area contributed by atoms with E-state index in [9.17, 15) is 14.7 Å². The second-order valence-corrected chi connectivity index (χ2v) is 6.01. The molecule has 5 heteroatoms. The molecule has 0 aliphatic carbocycles. The minimum absolute atomic E-state index is 0.121. The van der Waals surface area contributed by atoms with E-state index in [0.29, 0.717) is 18.9 Å². The number of rotatable bonds is 4. The Morgan fingerprint density at radius 3 is 2.50 bits per heavy atom. The molecule has 0 radical (unpaired) electrons. The number of ether oxygens (including phenoxy) is 1. The number of piperidine rings is 1. The Hall–Kier alpha value is -2.04. The minimum atomic E-state index is -0.915. The highest BCUT2D eigenvalue weighted by Crippen LogP contribution is 2.27. The Morgan fingerprint density at radius 1 is 1.32 bits per heavy atom. The molecule has 5 nitrogen and oxygen atoms in total. The molecule has 1 heterocycles. The van der Waals surface area contributed by atoms with Crippen LogP contribution in [0.5, 0.6) is 5.75 Å². The van der Waals surface area contributed by atoms with Gasteiger partial charge in [-0.2, -0.15) is 0 Å². The average molecular weight is 305 g/mol. The third-order valence-electron chi connectivity index (χ3n) is 4.42. The first kappa shape index (κ1) is 16.3. The van der Waals surface area contributed by atoms with Crippen molar-refractivity contribution in [2.75, 3.05) is 13.7 Å². The Bertz CT molecular complexity index is 540. The van der Waals surface area contributed by atoms with Crippen molar-refractivity contribution in [3.63, 3.8) is 0 Å². The van der Waals surface area contributed by atoms with Gasteiger partial charge in [0.15, 0.2) is 0 Å². The van der Waals surface area contributed by atoms with Gasteiger partial charge in [0.2, 0.25) is 5.91 Å². The van der Waals surface area contributed by atoms with E-state index < -0.39 is 12.0 Å². The van der Waals surface area contributed by atoms with Gasteiger partial charge in [-0.25, -0.2) is 4.79 Å². The molecule has 1 saturated heterocycles. The van der Waals surface area contributed by atoms with Crippen LogP contribution in [0.2, 0.25) is 0 Å². The first-order valence-corrected chi connectivity index (χ1v) is 7.61. The monoisotopic (exact) mass is 305 g/mol. The van der Waals surface area contributed by atoms with Crippen molar-refractivity contribution in [1.29, 1.82) is 0 Å². The number of hydrogen-bond donors (Lipinski definition) is 1. The fourth-order valence-corrected chi connectivity index (χ4v) is 2.92. The molecule has 1 aliphatic heterocycles. The highest BCUT2D eigenvalue weighted by atomic mass is 16.5. The number of carboxylic acids is 1. The van der Waals surface area contributed by atoms with Crippen molar-refractivity contribution in [3.8, 4) is 5.75 Å². The van der Waals surface area contributed by atoms with Crippen LogP contribution in [0.15, 0.2) is 24.3 Å². The lowest BCUT2D eigenvalue weighted by atomic mass is 9.90. The van der Waals surface area contributed by atoms with Crippen LogP contribution in [0.25, 0.3) is 0 Å². The molecule has 0 spiro atoms. The van der Waals surface area contributed by atoms with Crippen LogP contribution < -0.4 is 4.74 Å². The lowest BCUT2D eigenvalue weighted by Gasteiger charge is -2.37. The molecule has 0 bridgehead atoms. The number of benzene rings is 1. The van der Waals surface area contributed by atoms with E-state index in [1.54, 1.807) is 7.11 Å². The van der Waals surface area contributed by atoms with Gasteiger partial charge >= 0.3 is 5.97 Å². The predicted molar refractivity (Wildman–Crippen MR) is 82.9 cm³/mol. The molecule has 1 aromatic carbocycles. The standard InChI is InChI=1S/C17H23NO4/c1-11-8-9-18(15(10-11)17(20)21)16(19)12(2)13-4-6-14(22-3)7-5-13/h4-7,11-12,15H,8-10H2,1-3H3,(H,20,21). The molecule has 1 N–H and O–H groups in total. The topological polar surface area (TPSA) is 66.8 Å². The van der Waals surface area contributed by atoms with Crippen LogP contribution in [0.3, 0.4) is 0 Å². The molecule has 3 unspecified atom stereocenters. The van der Waals surface area contributed by atoms with E-state index in [1.807, 2.05) is 38.1 Å². The molecule has 22 heavy (non-hydrogen) atoms. The summed E-state index contributed by atoms with van der Waals surface area (Å²) in [4.78, 5) is 25.7. The second kappa shape index (κ2) is 6.81. The van der Waals surface area contributed by atoms with Crippen LogP contribution in [0, 0.1) is 5.92 Å². The van der Waals surface area contributed by atoms with Crippen molar-refractivity contribution < 1.29 is 19.4 Å². The average Bonchev–Trinajstić information content (AvgIpc) is 2.53.